The summed E-state index contributed by atoms with van der Waals surface area (Å²) in [6.07, 6.45) is 2.28. The van der Waals surface area contributed by atoms with E-state index in [2.05, 4.69) is 0 Å². The molecule has 0 heterocycles. The molecule has 1 aromatic rings. The monoisotopic (exact) mass is 252 g/mol. The quantitative estimate of drug-likeness (QED) is 0.570. The Kier molecular flexibility index (Phi) is 6.87. The highest BCUT2D eigenvalue weighted by Gasteiger charge is 2.06. The van der Waals surface area contributed by atoms with E-state index in [4.69, 9.17) is 14.6 Å². The van der Waals surface area contributed by atoms with Gasteiger partial charge in [-0.15, -0.1) is 0 Å². The van der Waals surface area contributed by atoms with Crippen LogP contribution < -0.4 is 4.74 Å². The first kappa shape index (κ1) is 14.5. The predicted octanol–water partition coefficient (Wildman–Crippen LogP) is 2.40. The lowest BCUT2D eigenvalue weighted by Crippen LogP contribution is -2.07. The Labute approximate surface area is 108 Å². The zero-order valence-electron chi connectivity index (χ0n) is 10.7. The highest BCUT2D eigenvalue weighted by Crippen LogP contribution is 2.13. The molecule has 0 aliphatic carbocycles. The number of benzene rings is 1. The van der Waals surface area contributed by atoms with Crippen molar-refractivity contribution < 1.29 is 19.4 Å². The first-order valence-corrected chi connectivity index (χ1v) is 6.28. The van der Waals surface area contributed by atoms with Gasteiger partial charge in [0.25, 0.3) is 0 Å². The van der Waals surface area contributed by atoms with Crippen LogP contribution in [0.15, 0.2) is 24.3 Å². The molecular formula is C14H20O4. The molecule has 18 heavy (non-hydrogen) atoms. The predicted molar refractivity (Wildman–Crippen MR) is 68.8 cm³/mol. The summed E-state index contributed by atoms with van der Waals surface area (Å²) < 4.78 is 10.5. The van der Waals surface area contributed by atoms with Gasteiger partial charge < -0.3 is 14.6 Å². The minimum Gasteiger partial charge on any atom is -0.494 e. The van der Waals surface area contributed by atoms with Gasteiger partial charge in [0, 0.05) is 6.61 Å². The molecule has 0 bridgehead atoms. The Balaban J connectivity index is 2.38. The molecule has 0 radical (unpaired) electrons. The van der Waals surface area contributed by atoms with Crippen molar-refractivity contribution in [3.63, 3.8) is 0 Å². The lowest BCUT2D eigenvalue weighted by Gasteiger charge is -2.06. The van der Waals surface area contributed by atoms with Gasteiger partial charge in [0.1, 0.15) is 5.75 Å². The number of aliphatic hydroxyl groups excluding tert-OH is 1. The molecule has 0 fully saturated rings. The number of hydrogen-bond donors (Lipinski definition) is 1. The summed E-state index contributed by atoms with van der Waals surface area (Å²) in [6, 6.07) is 6.92. The van der Waals surface area contributed by atoms with Crippen LogP contribution in [0.3, 0.4) is 0 Å². The van der Waals surface area contributed by atoms with Crippen molar-refractivity contribution >= 4 is 5.97 Å². The Morgan fingerprint density at radius 2 is 1.89 bits per heavy atom. The van der Waals surface area contributed by atoms with E-state index in [0.29, 0.717) is 31.6 Å². The highest BCUT2D eigenvalue weighted by atomic mass is 16.5. The van der Waals surface area contributed by atoms with Crippen molar-refractivity contribution in [3.8, 4) is 5.75 Å². The van der Waals surface area contributed by atoms with Gasteiger partial charge in [-0.3, -0.25) is 0 Å². The van der Waals surface area contributed by atoms with Crippen LogP contribution in [0.5, 0.6) is 5.75 Å². The average Bonchev–Trinajstić information content (AvgIpc) is 2.41. The molecule has 100 valence electrons. The second-order valence-corrected chi connectivity index (χ2v) is 3.94. The molecule has 4 heteroatoms. The van der Waals surface area contributed by atoms with Crippen LogP contribution in [0, 0.1) is 0 Å². The lowest BCUT2D eigenvalue weighted by molar-refractivity contribution is 0.0492. The maximum absolute atomic E-state index is 11.6. The van der Waals surface area contributed by atoms with E-state index in [0.717, 1.165) is 12.2 Å². The van der Waals surface area contributed by atoms with Crippen molar-refractivity contribution in [3.05, 3.63) is 29.8 Å². The minimum absolute atomic E-state index is 0.126. The molecule has 0 atom stereocenters. The maximum Gasteiger partial charge on any atom is 0.338 e. The second kappa shape index (κ2) is 8.53. The summed E-state index contributed by atoms with van der Waals surface area (Å²) in [7, 11) is 0. The van der Waals surface area contributed by atoms with Crippen LogP contribution in [0.2, 0.25) is 0 Å². The molecule has 1 rings (SSSR count). The van der Waals surface area contributed by atoms with Crippen LogP contribution in [0.4, 0.5) is 0 Å². The van der Waals surface area contributed by atoms with E-state index >= 15 is 0 Å². The number of esters is 1. The number of carbonyl (C=O) groups excluding carboxylic acids is 1. The Bertz CT molecular complexity index is 345. The van der Waals surface area contributed by atoms with Gasteiger partial charge in [-0.2, -0.15) is 0 Å². The van der Waals surface area contributed by atoms with E-state index in [9.17, 15) is 4.79 Å². The van der Waals surface area contributed by atoms with Gasteiger partial charge in [0.15, 0.2) is 0 Å². The molecule has 0 aliphatic rings. The molecular weight excluding hydrogens is 232 g/mol. The third-order valence-corrected chi connectivity index (χ3v) is 2.35. The lowest BCUT2D eigenvalue weighted by atomic mass is 10.2. The van der Waals surface area contributed by atoms with Crippen molar-refractivity contribution in [2.75, 3.05) is 19.8 Å². The fraction of sp³-hybridized carbons (Fsp3) is 0.500. The van der Waals surface area contributed by atoms with Gasteiger partial charge in [-0.05, 0) is 43.5 Å². The van der Waals surface area contributed by atoms with E-state index in [1.807, 2.05) is 6.92 Å². The third-order valence-electron chi connectivity index (χ3n) is 2.35. The summed E-state index contributed by atoms with van der Waals surface area (Å²) in [5, 5.41) is 8.60. The summed E-state index contributed by atoms with van der Waals surface area (Å²) in [6.45, 7) is 3.18. The first-order chi connectivity index (χ1) is 8.77. The van der Waals surface area contributed by atoms with Crippen LogP contribution in [0.25, 0.3) is 0 Å². The zero-order chi connectivity index (χ0) is 13.2. The molecule has 1 aromatic carbocycles. The normalized spacial score (nSPS) is 10.1. The molecule has 1 N–H and O–H groups in total. The van der Waals surface area contributed by atoms with Crippen molar-refractivity contribution in [2.24, 2.45) is 0 Å². The van der Waals surface area contributed by atoms with Gasteiger partial charge in [0.05, 0.1) is 18.8 Å². The Morgan fingerprint density at radius 3 is 2.50 bits per heavy atom. The smallest absolute Gasteiger partial charge is 0.338 e. The molecule has 0 spiro atoms. The zero-order valence-corrected chi connectivity index (χ0v) is 10.7. The van der Waals surface area contributed by atoms with Crippen molar-refractivity contribution in [1.82, 2.24) is 0 Å². The minimum atomic E-state index is -0.338. The van der Waals surface area contributed by atoms with E-state index in [1.165, 1.54) is 0 Å². The van der Waals surface area contributed by atoms with E-state index in [1.54, 1.807) is 24.3 Å². The van der Waals surface area contributed by atoms with Crippen molar-refractivity contribution in [2.45, 2.75) is 26.2 Å². The van der Waals surface area contributed by atoms with Crippen LogP contribution in [-0.4, -0.2) is 30.9 Å². The molecule has 0 saturated heterocycles. The largest absolute Gasteiger partial charge is 0.494 e. The van der Waals surface area contributed by atoms with Gasteiger partial charge in [0.2, 0.25) is 0 Å². The maximum atomic E-state index is 11.6. The number of unbranched alkanes of at least 4 members (excludes halogenated alkanes) is 1. The number of aliphatic hydroxyl groups is 1. The molecule has 4 nitrogen and oxygen atoms in total. The van der Waals surface area contributed by atoms with Crippen LogP contribution >= 0.6 is 0 Å². The molecule has 0 amide bonds. The Morgan fingerprint density at radius 1 is 1.17 bits per heavy atom. The summed E-state index contributed by atoms with van der Waals surface area (Å²) in [4.78, 5) is 11.6. The third kappa shape index (κ3) is 5.19. The summed E-state index contributed by atoms with van der Waals surface area (Å²) in [5.74, 6) is 0.420. The molecule has 0 aromatic heterocycles. The molecule has 0 saturated carbocycles. The number of hydrogen-bond acceptors (Lipinski definition) is 4. The fourth-order valence-electron chi connectivity index (χ4n) is 1.37. The van der Waals surface area contributed by atoms with Gasteiger partial charge in [-0.25, -0.2) is 4.79 Å². The second-order valence-electron chi connectivity index (χ2n) is 3.94. The highest BCUT2D eigenvalue weighted by molar-refractivity contribution is 5.89. The summed E-state index contributed by atoms with van der Waals surface area (Å²) >= 11 is 0. The average molecular weight is 252 g/mol. The number of rotatable bonds is 8. The van der Waals surface area contributed by atoms with Crippen molar-refractivity contribution in [1.29, 1.82) is 0 Å². The van der Waals surface area contributed by atoms with E-state index in [-0.39, 0.29) is 12.6 Å². The van der Waals surface area contributed by atoms with E-state index < -0.39 is 0 Å². The van der Waals surface area contributed by atoms with Crippen LogP contribution in [-0.2, 0) is 4.74 Å². The standard InChI is InChI=1S/C14H20O4/c1-2-10-17-13-7-5-12(6-8-13)14(16)18-11-4-3-9-15/h5-8,15H,2-4,9-11H2,1H3. The number of ether oxygens (including phenoxy) is 2. The summed E-state index contributed by atoms with van der Waals surface area (Å²) in [5.41, 5.74) is 0.517. The Hall–Kier alpha value is -1.55. The SMILES string of the molecule is CCCOc1ccc(C(=O)OCCCCO)cc1. The van der Waals surface area contributed by atoms with Gasteiger partial charge >= 0.3 is 5.97 Å². The first-order valence-electron chi connectivity index (χ1n) is 6.28. The molecule has 0 aliphatic heterocycles. The topological polar surface area (TPSA) is 55.8 Å². The molecule has 0 unspecified atom stereocenters. The van der Waals surface area contributed by atoms with Gasteiger partial charge in [-0.1, -0.05) is 6.92 Å². The van der Waals surface area contributed by atoms with Crippen LogP contribution in [0.1, 0.15) is 36.5 Å². The number of carbonyl (C=O) groups is 1. The fourth-order valence-corrected chi connectivity index (χ4v) is 1.37.